The van der Waals surface area contributed by atoms with E-state index in [4.69, 9.17) is 5.11 Å². The second-order valence-electron chi connectivity index (χ2n) is 3.73. The monoisotopic (exact) mass is 260 g/mol. The number of rotatable bonds is 3. The van der Waals surface area contributed by atoms with E-state index in [9.17, 15) is 18.0 Å². The Balaban J connectivity index is 2.84. The summed E-state index contributed by atoms with van der Waals surface area (Å²) >= 11 is 0. The number of aliphatic hydroxyl groups is 1. The third-order valence-electron chi connectivity index (χ3n) is 2.28. The number of hydrogen-bond acceptors (Lipinski definition) is 3. The van der Waals surface area contributed by atoms with E-state index < -0.39 is 17.7 Å². The first-order valence-corrected chi connectivity index (χ1v) is 4.92. The van der Waals surface area contributed by atoms with E-state index in [0.717, 1.165) is 5.56 Å². The van der Waals surface area contributed by atoms with E-state index in [2.05, 4.69) is 11.3 Å². The Labute approximate surface area is 101 Å². The van der Waals surface area contributed by atoms with Crippen LogP contribution in [0.4, 0.5) is 13.2 Å². The molecule has 1 aromatic carbocycles. The zero-order chi connectivity index (χ0) is 14.0. The minimum Gasteiger partial charge on any atom is -0.424 e. The van der Waals surface area contributed by atoms with Crippen LogP contribution in [0.3, 0.4) is 0 Å². The smallest absolute Gasteiger partial charge is 0.424 e. The molecule has 0 amide bonds. The maximum Gasteiger partial charge on any atom is 0.427 e. The molecule has 0 bridgehead atoms. The highest BCUT2D eigenvalue weighted by Gasteiger charge is 2.57. The molecule has 0 aliphatic rings. The predicted octanol–water partition coefficient (Wildman–Crippen LogP) is 2.55. The zero-order valence-corrected chi connectivity index (χ0v) is 9.49. The van der Waals surface area contributed by atoms with Crippen molar-refractivity contribution in [3.8, 4) is 5.75 Å². The van der Waals surface area contributed by atoms with Gasteiger partial charge in [0.15, 0.2) is 0 Å². The van der Waals surface area contributed by atoms with Crippen molar-refractivity contribution < 1.29 is 27.8 Å². The van der Waals surface area contributed by atoms with Gasteiger partial charge in [-0.25, -0.2) is 4.79 Å². The van der Waals surface area contributed by atoms with Crippen molar-refractivity contribution in [1.82, 2.24) is 0 Å². The normalized spacial score (nSPS) is 14.7. The van der Waals surface area contributed by atoms with Gasteiger partial charge in [0.05, 0.1) is 0 Å². The molecule has 0 saturated heterocycles. The first kappa shape index (κ1) is 14.2. The number of benzene rings is 1. The Hall–Kier alpha value is -1.82. The van der Waals surface area contributed by atoms with E-state index in [1.807, 2.05) is 0 Å². The van der Waals surface area contributed by atoms with Crippen LogP contribution in [-0.2, 0) is 4.79 Å². The molecule has 3 nitrogen and oxygen atoms in total. The molecule has 1 unspecified atom stereocenters. The standard InChI is InChI=1S/C12H11F3O3/c1-3-8-4-6-9(7-5-8)18-10(16)11(2,17)12(13,14)15/h3-7,17H,1H2,2H3. The molecule has 0 heterocycles. The van der Waals surface area contributed by atoms with Crippen LogP contribution in [0.1, 0.15) is 12.5 Å². The summed E-state index contributed by atoms with van der Waals surface area (Å²) in [5.74, 6) is -1.86. The summed E-state index contributed by atoms with van der Waals surface area (Å²) in [6, 6.07) is 5.64. The number of hydrogen-bond donors (Lipinski definition) is 1. The third kappa shape index (κ3) is 2.89. The molecule has 0 saturated carbocycles. The number of alkyl halides is 3. The van der Waals surface area contributed by atoms with Crippen molar-refractivity contribution in [2.75, 3.05) is 0 Å². The van der Waals surface area contributed by atoms with Crippen molar-refractivity contribution in [3.63, 3.8) is 0 Å². The summed E-state index contributed by atoms with van der Waals surface area (Å²) in [7, 11) is 0. The Morgan fingerprint density at radius 2 is 1.83 bits per heavy atom. The van der Waals surface area contributed by atoms with Crippen LogP contribution in [0.15, 0.2) is 30.8 Å². The number of carbonyl (C=O) groups excluding carboxylic acids is 1. The van der Waals surface area contributed by atoms with Gasteiger partial charge < -0.3 is 9.84 Å². The summed E-state index contributed by atoms with van der Waals surface area (Å²) in [5.41, 5.74) is -2.82. The molecule has 18 heavy (non-hydrogen) atoms. The minimum absolute atomic E-state index is 0.0878. The fourth-order valence-corrected chi connectivity index (χ4v) is 0.994. The topological polar surface area (TPSA) is 46.5 Å². The van der Waals surface area contributed by atoms with Crippen molar-refractivity contribution in [2.24, 2.45) is 0 Å². The van der Waals surface area contributed by atoms with Crippen molar-refractivity contribution in [3.05, 3.63) is 36.4 Å². The van der Waals surface area contributed by atoms with Gasteiger partial charge in [0.25, 0.3) is 5.60 Å². The molecule has 1 rings (SSSR count). The highest BCUT2D eigenvalue weighted by molar-refractivity contribution is 5.82. The van der Waals surface area contributed by atoms with Crippen LogP contribution in [0.5, 0.6) is 5.75 Å². The number of halogens is 3. The molecule has 98 valence electrons. The fourth-order valence-electron chi connectivity index (χ4n) is 0.994. The average molecular weight is 260 g/mol. The number of ether oxygens (including phenoxy) is 1. The molecule has 1 atom stereocenters. The second kappa shape index (κ2) is 4.81. The maximum absolute atomic E-state index is 12.3. The quantitative estimate of drug-likeness (QED) is 0.671. The Bertz CT molecular complexity index is 447. The van der Waals surface area contributed by atoms with Gasteiger partial charge in [-0.05, 0) is 24.6 Å². The van der Waals surface area contributed by atoms with Crippen LogP contribution in [-0.4, -0.2) is 22.9 Å². The van der Waals surface area contributed by atoms with E-state index >= 15 is 0 Å². The summed E-state index contributed by atoms with van der Waals surface area (Å²) < 4.78 is 41.5. The summed E-state index contributed by atoms with van der Waals surface area (Å²) in [6.45, 7) is 3.84. The van der Waals surface area contributed by atoms with Crippen molar-refractivity contribution >= 4 is 12.0 Å². The highest BCUT2D eigenvalue weighted by Crippen LogP contribution is 2.31. The summed E-state index contributed by atoms with van der Waals surface area (Å²) in [6.07, 6.45) is -3.57. The van der Waals surface area contributed by atoms with Gasteiger partial charge in [-0.2, -0.15) is 13.2 Å². The van der Waals surface area contributed by atoms with Gasteiger partial charge in [-0.15, -0.1) is 0 Å². The SMILES string of the molecule is C=Cc1ccc(OC(=O)C(C)(O)C(F)(F)F)cc1. The molecular weight excluding hydrogens is 249 g/mol. The van der Waals surface area contributed by atoms with Gasteiger partial charge in [0.2, 0.25) is 0 Å². The first-order chi connectivity index (χ1) is 8.18. The van der Waals surface area contributed by atoms with E-state index in [1.165, 1.54) is 30.3 Å². The first-order valence-electron chi connectivity index (χ1n) is 4.92. The lowest BCUT2D eigenvalue weighted by atomic mass is 10.1. The molecular formula is C12H11F3O3. The van der Waals surface area contributed by atoms with Gasteiger partial charge in [-0.3, -0.25) is 0 Å². The molecule has 0 fully saturated rings. The van der Waals surface area contributed by atoms with E-state index in [1.54, 1.807) is 0 Å². The van der Waals surface area contributed by atoms with Gasteiger partial charge >= 0.3 is 12.1 Å². The largest absolute Gasteiger partial charge is 0.427 e. The summed E-state index contributed by atoms with van der Waals surface area (Å²) in [5, 5.41) is 9.07. The molecule has 1 N–H and O–H groups in total. The van der Waals surface area contributed by atoms with Crippen LogP contribution in [0.2, 0.25) is 0 Å². The van der Waals surface area contributed by atoms with Crippen molar-refractivity contribution in [1.29, 1.82) is 0 Å². The van der Waals surface area contributed by atoms with Gasteiger partial charge in [0.1, 0.15) is 5.75 Å². The maximum atomic E-state index is 12.3. The molecule has 1 aromatic rings. The van der Waals surface area contributed by atoms with E-state index in [0.29, 0.717) is 6.92 Å². The molecule has 0 aliphatic carbocycles. The lowest BCUT2D eigenvalue weighted by Crippen LogP contribution is -2.51. The van der Waals surface area contributed by atoms with Crippen LogP contribution < -0.4 is 4.74 Å². The predicted molar refractivity (Wildman–Crippen MR) is 58.8 cm³/mol. The Morgan fingerprint density at radius 3 is 2.22 bits per heavy atom. The fraction of sp³-hybridized carbons (Fsp3) is 0.250. The molecule has 0 aromatic heterocycles. The number of carbonyl (C=O) groups is 1. The van der Waals surface area contributed by atoms with E-state index in [-0.39, 0.29) is 5.75 Å². The molecule has 6 heteroatoms. The zero-order valence-electron chi connectivity index (χ0n) is 9.49. The average Bonchev–Trinajstić information content (AvgIpc) is 2.28. The Morgan fingerprint density at radius 1 is 1.33 bits per heavy atom. The third-order valence-corrected chi connectivity index (χ3v) is 2.28. The van der Waals surface area contributed by atoms with Crippen molar-refractivity contribution in [2.45, 2.75) is 18.7 Å². The highest BCUT2D eigenvalue weighted by atomic mass is 19.4. The lowest BCUT2D eigenvalue weighted by Gasteiger charge is -2.23. The molecule has 0 spiro atoms. The van der Waals surface area contributed by atoms with Gasteiger partial charge in [-0.1, -0.05) is 24.8 Å². The van der Waals surface area contributed by atoms with Crippen LogP contribution in [0.25, 0.3) is 6.08 Å². The Kier molecular flexibility index (Phi) is 3.81. The lowest BCUT2D eigenvalue weighted by molar-refractivity contribution is -0.252. The second-order valence-corrected chi connectivity index (χ2v) is 3.73. The molecule has 0 radical (unpaired) electrons. The van der Waals surface area contributed by atoms with Gasteiger partial charge in [0, 0.05) is 0 Å². The molecule has 0 aliphatic heterocycles. The number of esters is 1. The minimum atomic E-state index is -5.09. The summed E-state index contributed by atoms with van der Waals surface area (Å²) in [4.78, 5) is 11.2. The van der Waals surface area contributed by atoms with Crippen LogP contribution >= 0.6 is 0 Å². The van der Waals surface area contributed by atoms with Crippen LogP contribution in [0, 0.1) is 0 Å².